The van der Waals surface area contributed by atoms with E-state index in [0.717, 1.165) is 35.1 Å². The van der Waals surface area contributed by atoms with E-state index in [0.29, 0.717) is 42.8 Å². The van der Waals surface area contributed by atoms with Crippen molar-refractivity contribution in [3.63, 3.8) is 0 Å². The predicted molar refractivity (Wildman–Crippen MR) is 127 cm³/mol. The normalized spacial score (nSPS) is 15.6. The van der Waals surface area contributed by atoms with Gasteiger partial charge in [0.25, 0.3) is 5.91 Å². The second kappa shape index (κ2) is 11.0. The second-order valence-electron chi connectivity index (χ2n) is 8.67. The van der Waals surface area contributed by atoms with Crippen molar-refractivity contribution in [3.05, 3.63) is 70.2 Å². The Hall–Kier alpha value is -3.28. The summed E-state index contributed by atoms with van der Waals surface area (Å²) in [7, 11) is 0. The lowest BCUT2D eigenvalue weighted by molar-refractivity contribution is -0.139. The number of aryl methyl sites for hydroxylation is 3. The van der Waals surface area contributed by atoms with Gasteiger partial charge in [0, 0.05) is 31.5 Å². The van der Waals surface area contributed by atoms with Crippen molar-refractivity contribution in [2.24, 2.45) is 5.92 Å². The van der Waals surface area contributed by atoms with Crippen LogP contribution in [0, 0.1) is 26.7 Å². The number of esters is 1. The van der Waals surface area contributed by atoms with Crippen LogP contribution in [-0.4, -0.2) is 29.2 Å². The van der Waals surface area contributed by atoms with Crippen molar-refractivity contribution < 1.29 is 19.1 Å². The van der Waals surface area contributed by atoms with Crippen LogP contribution in [0.3, 0.4) is 0 Å². The number of aromatic nitrogens is 1. The molecule has 0 spiro atoms. The van der Waals surface area contributed by atoms with Gasteiger partial charge in [-0.2, -0.15) is 0 Å². The molecule has 33 heavy (non-hydrogen) atoms. The maximum absolute atomic E-state index is 13.5. The predicted octanol–water partition coefficient (Wildman–Crippen LogP) is 4.86. The Morgan fingerprint density at radius 3 is 2.52 bits per heavy atom. The lowest BCUT2D eigenvalue weighted by atomic mass is 9.90. The molecule has 0 aliphatic heterocycles. The largest absolute Gasteiger partial charge is 0.430 e. The maximum atomic E-state index is 13.5. The van der Waals surface area contributed by atoms with E-state index in [4.69, 9.17) is 4.74 Å². The number of nitrogens with zero attached hydrogens (tertiary/aromatic N) is 1. The molecule has 0 radical (unpaired) electrons. The van der Waals surface area contributed by atoms with Gasteiger partial charge in [0.1, 0.15) is 11.5 Å². The van der Waals surface area contributed by atoms with E-state index in [9.17, 15) is 14.4 Å². The number of hydrogen-bond donors (Lipinski definition) is 1. The molecule has 1 aliphatic rings. The summed E-state index contributed by atoms with van der Waals surface area (Å²) in [5.41, 5.74) is 4.80. The number of amides is 1. The van der Waals surface area contributed by atoms with Crippen LogP contribution in [-0.2, 0) is 14.3 Å². The summed E-state index contributed by atoms with van der Waals surface area (Å²) in [5.74, 6) is -0.500. The lowest BCUT2D eigenvalue weighted by Crippen LogP contribution is -2.27. The number of carbonyl (C=O) groups excluding carboxylic acids is 3. The van der Waals surface area contributed by atoms with Gasteiger partial charge in [0.15, 0.2) is 5.78 Å². The number of allylic oxidation sites excluding steroid dienone is 2. The van der Waals surface area contributed by atoms with Crippen molar-refractivity contribution >= 4 is 23.2 Å². The molecular weight excluding hydrogens is 416 g/mol. The summed E-state index contributed by atoms with van der Waals surface area (Å²) in [4.78, 5) is 42.2. The minimum absolute atomic E-state index is 0.0320. The highest BCUT2D eigenvalue weighted by molar-refractivity contribution is 6.25. The molecule has 1 heterocycles. The first-order valence-corrected chi connectivity index (χ1v) is 11.6. The summed E-state index contributed by atoms with van der Waals surface area (Å²) in [6.45, 7) is 8.33. The number of pyridine rings is 1. The molecule has 2 aromatic rings. The van der Waals surface area contributed by atoms with Crippen LogP contribution in [0.25, 0.3) is 5.57 Å². The van der Waals surface area contributed by atoms with Gasteiger partial charge in [0.05, 0.1) is 5.57 Å². The molecule has 1 aliphatic carbocycles. The van der Waals surface area contributed by atoms with Crippen molar-refractivity contribution in [2.45, 2.75) is 59.8 Å². The number of nitrogens with one attached hydrogen (secondary N) is 1. The number of Topliss-reactive ketones (excluding diaryl/α,β-unsaturated/α-hetero) is 1. The van der Waals surface area contributed by atoms with Crippen LogP contribution in [0.4, 0.5) is 0 Å². The van der Waals surface area contributed by atoms with Crippen LogP contribution < -0.4 is 5.32 Å². The van der Waals surface area contributed by atoms with Crippen LogP contribution in [0.5, 0.6) is 0 Å². The molecule has 0 bridgehead atoms. The van der Waals surface area contributed by atoms with Crippen LogP contribution >= 0.6 is 0 Å². The highest BCUT2D eigenvalue weighted by atomic mass is 16.5. The summed E-state index contributed by atoms with van der Waals surface area (Å²) in [5, 5.41) is 2.83. The Balaban J connectivity index is 1.78. The zero-order valence-electron chi connectivity index (χ0n) is 19.9. The van der Waals surface area contributed by atoms with E-state index in [-0.39, 0.29) is 23.6 Å². The molecular formula is C27H32N2O4. The third-order valence-electron chi connectivity index (χ3n) is 5.90. The first-order valence-electron chi connectivity index (χ1n) is 11.6. The van der Waals surface area contributed by atoms with Gasteiger partial charge < -0.3 is 10.1 Å². The van der Waals surface area contributed by atoms with Crippen LogP contribution in [0.15, 0.2) is 42.3 Å². The Bertz CT molecular complexity index is 1050. The fourth-order valence-corrected chi connectivity index (χ4v) is 4.38. The monoisotopic (exact) mass is 448 g/mol. The van der Waals surface area contributed by atoms with Crippen LogP contribution in [0.2, 0.25) is 0 Å². The zero-order chi connectivity index (χ0) is 24.0. The van der Waals surface area contributed by atoms with Gasteiger partial charge in [-0.15, -0.1) is 0 Å². The Morgan fingerprint density at radius 1 is 1.15 bits per heavy atom. The number of rotatable bonds is 9. The minimum Gasteiger partial charge on any atom is -0.430 e. The van der Waals surface area contributed by atoms with Crippen molar-refractivity contribution in [1.82, 2.24) is 10.3 Å². The molecule has 6 heteroatoms. The SMILES string of the molecule is CCCCC(=O)OC1=C(c2c(C)cc(C)cc2C)C(=O)C(CCNC(=O)c2ccccn2)C1. The summed E-state index contributed by atoms with van der Waals surface area (Å²) in [6, 6.07) is 9.23. The van der Waals surface area contributed by atoms with Crippen molar-refractivity contribution in [2.75, 3.05) is 6.54 Å². The molecule has 1 atom stereocenters. The average molecular weight is 449 g/mol. The molecule has 1 N–H and O–H groups in total. The number of carbonyl (C=O) groups is 3. The smallest absolute Gasteiger partial charge is 0.310 e. The number of unbranched alkanes of at least 4 members (excludes halogenated alkanes) is 1. The van der Waals surface area contributed by atoms with E-state index in [1.807, 2.05) is 39.8 Å². The highest BCUT2D eigenvalue weighted by Gasteiger charge is 2.37. The van der Waals surface area contributed by atoms with E-state index in [1.165, 1.54) is 0 Å². The molecule has 1 aromatic heterocycles. The van der Waals surface area contributed by atoms with Gasteiger partial charge in [-0.25, -0.2) is 0 Å². The van der Waals surface area contributed by atoms with E-state index in [2.05, 4.69) is 10.3 Å². The molecule has 0 saturated carbocycles. The van der Waals surface area contributed by atoms with Gasteiger partial charge >= 0.3 is 5.97 Å². The molecule has 1 unspecified atom stereocenters. The molecule has 0 fully saturated rings. The molecule has 3 rings (SSSR count). The lowest BCUT2D eigenvalue weighted by Gasteiger charge is -2.14. The molecule has 0 saturated heterocycles. The van der Waals surface area contributed by atoms with Gasteiger partial charge in [-0.3, -0.25) is 19.4 Å². The summed E-state index contributed by atoms with van der Waals surface area (Å²) < 4.78 is 5.74. The third-order valence-corrected chi connectivity index (χ3v) is 5.90. The Morgan fingerprint density at radius 2 is 1.88 bits per heavy atom. The fraction of sp³-hybridized carbons (Fsp3) is 0.407. The molecule has 6 nitrogen and oxygen atoms in total. The summed E-state index contributed by atoms with van der Waals surface area (Å²) >= 11 is 0. The number of benzene rings is 1. The topological polar surface area (TPSA) is 85.4 Å². The van der Waals surface area contributed by atoms with Crippen LogP contribution in [0.1, 0.15) is 71.8 Å². The Kier molecular flexibility index (Phi) is 8.15. The molecule has 1 amide bonds. The number of hydrogen-bond acceptors (Lipinski definition) is 5. The standard InChI is InChI=1S/C27H32N2O4/c1-5-6-10-23(30)33-22-16-20(11-13-29-27(32)21-9-7-8-12-28-21)26(31)25(22)24-18(3)14-17(2)15-19(24)4/h7-9,12,14-15,20H,5-6,10-11,13,16H2,1-4H3,(H,29,32). The van der Waals surface area contributed by atoms with Gasteiger partial charge in [-0.1, -0.05) is 37.1 Å². The second-order valence-corrected chi connectivity index (χ2v) is 8.67. The summed E-state index contributed by atoms with van der Waals surface area (Å²) in [6.07, 6.45) is 4.37. The minimum atomic E-state index is -0.349. The van der Waals surface area contributed by atoms with Gasteiger partial charge in [-0.05, 0) is 62.4 Å². The Labute approximate surface area is 195 Å². The average Bonchev–Trinajstić information content (AvgIpc) is 3.07. The molecule has 174 valence electrons. The van der Waals surface area contributed by atoms with E-state index in [1.54, 1.807) is 24.4 Å². The third kappa shape index (κ3) is 5.95. The first kappa shape index (κ1) is 24.4. The maximum Gasteiger partial charge on any atom is 0.310 e. The fourth-order valence-electron chi connectivity index (χ4n) is 4.38. The van der Waals surface area contributed by atoms with Crippen molar-refractivity contribution in [3.8, 4) is 0 Å². The number of ether oxygens (including phenoxy) is 1. The highest BCUT2D eigenvalue weighted by Crippen LogP contribution is 2.40. The quantitative estimate of drug-likeness (QED) is 0.554. The van der Waals surface area contributed by atoms with E-state index >= 15 is 0 Å². The van der Waals surface area contributed by atoms with Crippen molar-refractivity contribution in [1.29, 1.82) is 0 Å². The molecule has 1 aromatic carbocycles. The number of ketones is 1. The van der Waals surface area contributed by atoms with Gasteiger partial charge in [0.2, 0.25) is 0 Å². The zero-order valence-corrected chi connectivity index (χ0v) is 19.9. The van der Waals surface area contributed by atoms with E-state index < -0.39 is 0 Å². The first-order chi connectivity index (χ1) is 15.8.